The van der Waals surface area contributed by atoms with Gasteiger partial charge in [-0.3, -0.25) is 9.59 Å². The lowest BCUT2D eigenvalue weighted by atomic mass is 10.1. The van der Waals surface area contributed by atoms with Crippen molar-refractivity contribution < 1.29 is 33.0 Å². The molecule has 116 valence electrons. The van der Waals surface area contributed by atoms with E-state index >= 15 is 0 Å². The molecular formula is C13H15F2NO5. The number of benzene rings is 1. The number of rotatable bonds is 7. The SMILES string of the molecule is COc1ccc(C(=O)NC(C)CC(=O)O)cc1OC(F)F. The number of carboxylic acids is 1. The molecule has 0 saturated heterocycles. The second-order valence-corrected chi connectivity index (χ2v) is 4.22. The molecule has 8 heteroatoms. The van der Waals surface area contributed by atoms with Gasteiger partial charge < -0.3 is 19.9 Å². The molecule has 0 fully saturated rings. The number of hydrogen-bond acceptors (Lipinski definition) is 4. The highest BCUT2D eigenvalue weighted by molar-refractivity contribution is 5.95. The molecule has 1 rings (SSSR count). The van der Waals surface area contributed by atoms with Crippen molar-refractivity contribution in [2.24, 2.45) is 0 Å². The third-order valence-corrected chi connectivity index (χ3v) is 2.50. The lowest BCUT2D eigenvalue weighted by Gasteiger charge is -2.14. The summed E-state index contributed by atoms with van der Waals surface area (Å²) < 4.78 is 33.7. The zero-order valence-corrected chi connectivity index (χ0v) is 11.4. The molecule has 1 aromatic rings. The summed E-state index contributed by atoms with van der Waals surface area (Å²) in [6, 6.07) is 3.18. The van der Waals surface area contributed by atoms with Crippen molar-refractivity contribution in [2.45, 2.75) is 26.0 Å². The Bertz CT molecular complexity index is 521. The predicted octanol–water partition coefficient (Wildman–Crippen LogP) is 1.89. The molecule has 0 aromatic heterocycles. The largest absolute Gasteiger partial charge is 0.493 e. The zero-order chi connectivity index (χ0) is 16.0. The van der Waals surface area contributed by atoms with E-state index in [1.807, 2.05) is 0 Å². The van der Waals surface area contributed by atoms with Gasteiger partial charge in [0.05, 0.1) is 13.5 Å². The van der Waals surface area contributed by atoms with Crippen LogP contribution in [-0.2, 0) is 4.79 Å². The monoisotopic (exact) mass is 303 g/mol. The van der Waals surface area contributed by atoms with Crippen LogP contribution in [-0.4, -0.2) is 36.7 Å². The van der Waals surface area contributed by atoms with E-state index in [1.54, 1.807) is 0 Å². The van der Waals surface area contributed by atoms with Crippen LogP contribution in [0, 0.1) is 0 Å². The minimum absolute atomic E-state index is 0.0590. The van der Waals surface area contributed by atoms with E-state index < -0.39 is 24.5 Å². The van der Waals surface area contributed by atoms with Crippen molar-refractivity contribution in [2.75, 3.05) is 7.11 Å². The minimum Gasteiger partial charge on any atom is -0.493 e. The summed E-state index contributed by atoms with van der Waals surface area (Å²) in [6.07, 6.45) is -0.248. The summed E-state index contributed by atoms with van der Waals surface area (Å²) in [5.74, 6) is -1.86. The van der Waals surface area contributed by atoms with Crippen molar-refractivity contribution in [3.05, 3.63) is 23.8 Å². The number of ether oxygens (including phenoxy) is 2. The van der Waals surface area contributed by atoms with E-state index in [9.17, 15) is 18.4 Å². The molecule has 1 aromatic carbocycles. The summed E-state index contributed by atoms with van der Waals surface area (Å²) in [4.78, 5) is 22.4. The first-order valence-corrected chi connectivity index (χ1v) is 5.99. The van der Waals surface area contributed by atoms with Crippen LogP contribution in [0.25, 0.3) is 0 Å². The smallest absolute Gasteiger partial charge is 0.387 e. The van der Waals surface area contributed by atoms with Crippen molar-refractivity contribution in [3.63, 3.8) is 0 Å². The van der Waals surface area contributed by atoms with Gasteiger partial charge in [-0.15, -0.1) is 0 Å². The number of carboxylic acid groups (broad SMARTS) is 1. The Hall–Kier alpha value is -2.38. The highest BCUT2D eigenvalue weighted by Crippen LogP contribution is 2.29. The Kier molecular flexibility index (Phi) is 5.89. The number of amides is 1. The maximum absolute atomic E-state index is 12.3. The molecule has 2 N–H and O–H groups in total. The van der Waals surface area contributed by atoms with Gasteiger partial charge in [-0.1, -0.05) is 0 Å². The van der Waals surface area contributed by atoms with Crippen LogP contribution in [0.4, 0.5) is 8.78 Å². The molecule has 0 heterocycles. The van der Waals surface area contributed by atoms with E-state index in [0.717, 1.165) is 6.07 Å². The van der Waals surface area contributed by atoms with E-state index in [2.05, 4.69) is 10.1 Å². The van der Waals surface area contributed by atoms with E-state index in [0.29, 0.717) is 0 Å². The molecule has 0 spiro atoms. The van der Waals surface area contributed by atoms with Crippen LogP contribution >= 0.6 is 0 Å². The molecule has 0 aliphatic heterocycles. The summed E-state index contributed by atoms with van der Waals surface area (Å²) in [5.41, 5.74) is 0.0590. The van der Waals surface area contributed by atoms with Crippen LogP contribution in [0.2, 0.25) is 0 Å². The standard InChI is InChI=1S/C13H15F2NO5/c1-7(5-11(17)18)16-12(19)8-3-4-9(20-2)10(6-8)21-13(14)15/h3-4,6-7,13H,5H2,1-2H3,(H,16,19)(H,17,18). The molecule has 0 bridgehead atoms. The number of carbonyl (C=O) groups is 2. The second kappa shape index (κ2) is 7.41. The lowest BCUT2D eigenvalue weighted by Crippen LogP contribution is -2.34. The lowest BCUT2D eigenvalue weighted by molar-refractivity contribution is -0.137. The molecule has 0 aliphatic rings. The Morgan fingerprint density at radius 3 is 2.52 bits per heavy atom. The number of hydrogen-bond donors (Lipinski definition) is 2. The highest BCUT2D eigenvalue weighted by Gasteiger charge is 2.16. The number of methoxy groups -OCH3 is 1. The highest BCUT2D eigenvalue weighted by atomic mass is 19.3. The molecule has 1 unspecified atom stereocenters. The normalized spacial score (nSPS) is 11.9. The van der Waals surface area contributed by atoms with Crippen LogP contribution < -0.4 is 14.8 Å². The van der Waals surface area contributed by atoms with Crippen LogP contribution in [0.1, 0.15) is 23.7 Å². The average Bonchev–Trinajstić information content (AvgIpc) is 2.36. The van der Waals surface area contributed by atoms with Crippen molar-refractivity contribution in [1.29, 1.82) is 0 Å². The van der Waals surface area contributed by atoms with Gasteiger partial charge in [0.25, 0.3) is 5.91 Å². The molecule has 6 nitrogen and oxygen atoms in total. The maximum atomic E-state index is 12.3. The molecule has 0 radical (unpaired) electrons. The summed E-state index contributed by atoms with van der Waals surface area (Å²) in [5, 5.41) is 11.0. The van der Waals surface area contributed by atoms with Crippen molar-refractivity contribution in [1.82, 2.24) is 5.32 Å². The number of nitrogens with one attached hydrogen (secondary N) is 1. The van der Waals surface area contributed by atoms with Crippen LogP contribution in [0.3, 0.4) is 0 Å². The Morgan fingerprint density at radius 2 is 2.00 bits per heavy atom. The van der Waals surface area contributed by atoms with Crippen LogP contribution in [0.5, 0.6) is 11.5 Å². The van der Waals surface area contributed by atoms with Gasteiger partial charge in [0.2, 0.25) is 0 Å². The van der Waals surface area contributed by atoms with Gasteiger partial charge in [0.15, 0.2) is 11.5 Å². The maximum Gasteiger partial charge on any atom is 0.387 e. The third-order valence-electron chi connectivity index (χ3n) is 2.50. The van der Waals surface area contributed by atoms with Crippen molar-refractivity contribution >= 4 is 11.9 Å². The topological polar surface area (TPSA) is 84.9 Å². The van der Waals surface area contributed by atoms with E-state index in [1.165, 1.54) is 26.2 Å². The van der Waals surface area contributed by atoms with E-state index in [4.69, 9.17) is 9.84 Å². The molecule has 0 aliphatic carbocycles. The average molecular weight is 303 g/mol. The number of alkyl halides is 2. The van der Waals surface area contributed by atoms with Gasteiger partial charge in [-0.25, -0.2) is 0 Å². The fourth-order valence-corrected chi connectivity index (χ4v) is 1.63. The van der Waals surface area contributed by atoms with Gasteiger partial charge in [0.1, 0.15) is 0 Å². The fourth-order valence-electron chi connectivity index (χ4n) is 1.63. The first-order valence-electron chi connectivity index (χ1n) is 5.99. The minimum atomic E-state index is -3.05. The number of aliphatic carboxylic acids is 1. The summed E-state index contributed by atoms with van der Waals surface area (Å²) in [6.45, 7) is -1.53. The number of carbonyl (C=O) groups excluding carboxylic acids is 1. The zero-order valence-electron chi connectivity index (χ0n) is 11.4. The number of halogens is 2. The van der Waals surface area contributed by atoms with Gasteiger partial charge in [-0.05, 0) is 25.1 Å². The predicted molar refractivity (Wildman–Crippen MR) is 68.8 cm³/mol. The first kappa shape index (κ1) is 16.7. The second-order valence-electron chi connectivity index (χ2n) is 4.22. The quantitative estimate of drug-likeness (QED) is 0.803. The first-order chi connectivity index (χ1) is 9.83. The van der Waals surface area contributed by atoms with Gasteiger partial charge in [-0.2, -0.15) is 8.78 Å². The molecule has 1 atom stereocenters. The molecular weight excluding hydrogens is 288 g/mol. The Balaban J connectivity index is 2.87. The fraction of sp³-hybridized carbons (Fsp3) is 0.385. The summed E-state index contributed by atoms with van der Waals surface area (Å²) in [7, 11) is 1.28. The van der Waals surface area contributed by atoms with Gasteiger partial charge >= 0.3 is 12.6 Å². The third kappa shape index (κ3) is 5.25. The molecule has 0 saturated carbocycles. The molecule has 21 heavy (non-hydrogen) atoms. The Morgan fingerprint density at radius 1 is 1.33 bits per heavy atom. The van der Waals surface area contributed by atoms with Crippen molar-refractivity contribution in [3.8, 4) is 11.5 Å². The Labute approximate surface area is 119 Å². The molecule has 1 amide bonds. The van der Waals surface area contributed by atoms with Gasteiger partial charge in [0, 0.05) is 11.6 Å². The summed E-state index contributed by atoms with van der Waals surface area (Å²) >= 11 is 0. The van der Waals surface area contributed by atoms with Crippen LogP contribution in [0.15, 0.2) is 18.2 Å². The van der Waals surface area contributed by atoms with E-state index in [-0.39, 0.29) is 23.5 Å².